The van der Waals surface area contributed by atoms with E-state index in [0.717, 1.165) is 37.7 Å². The van der Waals surface area contributed by atoms with Crippen molar-refractivity contribution in [2.45, 2.75) is 52.5 Å². The second-order valence-electron chi connectivity index (χ2n) is 7.66. The van der Waals surface area contributed by atoms with Gasteiger partial charge in [0.25, 0.3) is 11.5 Å². The Kier molecular flexibility index (Phi) is 8.14. The Morgan fingerprint density at radius 2 is 1.69 bits per heavy atom. The van der Waals surface area contributed by atoms with E-state index < -0.39 is 18.5 Å². The number of amides is 1. The predicted octanol–water partition coefficient (Wildman–Crippen LogP) is 4.33. The number of aromatic nitrogens is 2. The van der Waals surface area contributed by atoms with Crippen LogP contribution in [-0.4, -0.2) is 28.3 Å². The summed E-state index contributed by atoms with van der Waals surface area (Å²) in [7, 11) is 0. The summed E-state index contributed by atoms with van der Waals surface area (Å²) in [4.78, 5) is 37.8. The third-order valence-electron chi connectivity index (χ3n) is 5.26. The molecule has 0 bridgehead atoms. The maximum Gasteiger partial charge on any atom is 0.359 e. The molecule has 0 aliphatic rings. The number of carbonyl (C=O) groups excluding carboxylic acids is 2. The third kappa shape index (κ3) is 5.81. The van der Waals surface area contributed by atoms with Crippen LogP contribution >= 0.6 is 0 Å². The Morgan fingerprint density at radius 1 is 0.969 bits per heavy atom. The van der Waals surface area contributed by atoms with Gasteiger partial charge in [0.15, 0.2) is 12.3 Å². The standard InChI is InChI=1S/C25H29N3O4/c1-3-5-6-9-16-28-24(30)21-11-8-7-10-20(21)23(27-28)25(31)32-17-22(29)26-19-14-12-18(4-2)13-15-19/h7-8,10-15H,3-6,9,16-17H2,1-2H3,(H,26,29). The average molecular weight is 436 g/mol. The molecule has 2 aromatic carbocycles. The highest BCUT2D eigenvalue weighted by molar-refractivity contribution is 6.03. The first-order valence-corrected chi connectivity index (χ1v) is 11.1. The molecule has 0 aliphatic carbocycles. The lowest BCUT2D eigenvalue weighted by molar-refractivity contribution is -0.119. The number of unbranched alkanes of at least 4 members (excludes halogenated alkanes) is 3. The topological polar surface area (TPSA) is 90.3 Å². The van der Waals surface area contributed by atoms with Gasteiger partial charge in [-0.05, 0) is 36.6 Å². The van der Waals surface area contributed by atoms with Gasteiger partial charge < -0.3 is 10.1 Å². The Balaban J connectivity index is 1.72. The Hall–Kier alpha value is -3.48. The predicted molar refractivity (Wildman–Crippen MR) is 125 cm³/mol. The highest BCUT2D eigenvalue weighted by Gasteiger charge is 2.19. The van der Waals surface area contributed by atoms with Gasteiger partial charge in [0.2, 0.25) is 0 Å². The van der Waals surface area contributed by atoms with Gasteiger partial charge in [0.1, 0.15) is 0 Å². The fourth-order valence-electron chi connectivity index (χ4n) is 3.45. The van der Waals surface area contributed by atoms with Gasteiger partial charge in [0, 0.05) is 17.6 Å². The first kappa shape index (κ1) is 23.2. The van der Waals surface area contributed by atoms with Crippen LogP contribution in [0.1, 0.15) is 55.6 Å². The third-order valence-corrected chi connectivity index (χ3v) is 5.26. The Labute approximate surface area is 187 Å². The van der Waals surface area contributed by atoms with Crippen LogP contribution in [0, 0.1) is 0 Å². The largest absolute Gasteiger partial charge is 0.451 e. The first-order chi connectivity index (χ1) is 15.5. The number of ether oxygens (including phenoxy) is 1. The molecule has 0 spiro atoms. The Morgan fingerprint density at radius 3 is 2.38 bits per heavy atom. The van der Waals surface area contributed by atoms with Crippen LogP contribution in [0.25, 0.3) is 10.8 Å². The number of anilines is 1. The molecule has 0 saturated heterocycles. The number of aryl methyl sites for hydroxylation is 2. The van der Waals surface area contributed by atoms with Crippen molar-refractivity contribution in [2.24, 2.45) is 0 Å². The van der Waals surface area contributed by atoms with E-state index in [1.54, 1.807) is 24.3 Å². The van der Waals surface area contributed by atoms with Crippen LogP contribution in [0.2, 0.25) is 0 Å². The van der Waals surface area contributed by atoms with Crippen molar-refractivity contribution in [3.8, 4) is 0 Å². The summed E-state index contributed by atoms with van der Waals surface area (Å²) < 4.78 is 6.55. The van der Waals surface area contributed by atoms with Crippen LogP contribution in [-0.2, 0) is 22.5 Å². The number of hydrogen-bond donors (Lipinski definition) is 1. The lowest BCUT2D eigenvalue weighted by atomic mass is 10.1. The molecule has 0 saturated carbocycles. The minimum atomic E-state index is -0.736. The summed E-state index contributed by atoms with van der Waals surface area (Å²) in [6.45, 7) is 4.15. The monoisotopic (exact) mass is 435 g/mol. The van der Waals surface area contributed by atoms with Crippen LogP contribution < -0.4 is 10.9 Å². The van der Waals surface area contributed by atoms with Crippen LogP contribution in [0.15, 0.2) is 53.3 Å². The molecule has 0 radical (unpaired) electrons. The SMILES string of the molecule is CCCCCCn1nc(C(=O)OCC(=O)Nc2ccc(CC)cc2)c2ccccc2c1=O. The molecule has 32 heavy (non-hydrogen) atoms. The van der Waals surface area contributed by atoms with Gasteiger partial charge in [-0.2, -0.15) is 5.10 Å². The number of esters is 1. The van der Waals surface area contributed by atoms with Crippen LogP contribution in [0.4, 0.5) is 5.69 Å². The summed E-state index contributed by atoms with van der Waals surface area (Å²) in [6, 6.07) is 14.3. The molecule has 0 atom stereocenters. The zero-order valence-electron chi connectivity index (χ0n) is 18.6. The van der Waals surface area contributed by atoms with Crippen molar-refractivity contribution >= 4 is 28.3 Å². The number of carbonyl (C=O) groups is 2. The number of nitrogens with one attached hydrogen (secondary N) is 1. The molecule has 1 heterocycles. The second kappa shape index (κ2) is 11.2. The van der Waals surface area contributed by atoms with Gasteiger partial charge in [0.05, 0.1) is 5.39 Å². The van der Waals surface area contributed by atoms with Crippen molar-refractivity contribution in [2.75, 3.05) is 11.9 Å². The summed E-state index contributed by atoms with van der Waals surface area (Å²) in [5.41, 5.74) is 1.60. The van der Waals surface area contributed by atoms with E-state index in [4.69, 9.17) is 4.74 Å². The van der Waals surface area contributed by atoms with Gasteiger partial charge in [-0.1, -0.05) is 63.4 Å². The second-order valence-corrected chi connectivity index (χ2v) is 7.66. The molecule has 3 aromatic rings. The maximum atomic E-state index is 12.8. The van der Waals surface area contributed by atoms with E-state index in [9.17, 15) is 14.4 Å². The Bertz CT molecular complexity index is 1140. The average Bonchev–Trinajstić information content (AvgIpc) is 2.82. The van der Waals surface area contributed by atoms with E-state index >= 15 is 0 Å². The molecule has 1 aromatic heterocycles. The molecule has 7 heteroatoms. The quantitative estimate of drug-likeness (QED) is 0.378. The van der Waals surface area contributed by atoms with Gasteiger partial charge in [-0.25, -0.2) is 9.48 Å². The lowest BCUT2D eigenvalue weighted by Gasteiger charge is -2.11. The normalized spacial score (nSPS) is 10.8. The number of hydrogen-bond acceptors (Lipinski definition) is 5. The molecular weight excluding hydrogens is 406 g/mol. The number of nitrogens with zero attached hydrogens (tertiary/aromatic N) is 2. The van der Waals surface area contributed by atoms with E-state index in [0.29, 0.717) is 23.0 Å². The zero-order chi connectivity index (χ0) is 22.9. The summed E-state index contributed by atoms with van der Waals surface area (Å²) >= 11 is 0. The molecule has 7 nitrogen and oxygen atoms in total. The molecule has 1 N–H and O–H groups in total. The smallest absolute Gasteiger partial charge is 0.359 e. The molecule has 3 rings (SSSR count). The maximum absolute atomic E-state index is 12.8. The van der Waals surface area contributed by atoms with E-state index in [-0.39, 0.29) is 11.3 Å². The summed E-state index contributed by atoms with van der Waals surface area (Å²) in [5, 5.41) is 7.81. The number of benzene rings is 2. The zero-order valence-corrected chi connectivity index (χ0v) is 18.6. The minimum Gasteiger partial charge on any atom is -0.451 e. The molecule has 168 valence electrons. The number of fused-ring (bicyclic) bond motifs is 1. The van der Waals surface area contributed by atoms with Crippen molar-refractivity contribution in [3.63, 3.8) is 0 Å². The molecular formula is C25H29N3O4. The van der Waals surface area contributed by atoms with Crippen molar-refractivity contribution < 1.29 is 14.3 Å². The highest BCUT2D eigenvalue weighted by atomic mass is 16.5. The van der Waals surface area contributed by atoms with E-state index in [2.05, 4.69) is 24.3 Å². The highest BCUT2D eigenvalue weighted by Crippen LogP contribution is 2.15. The summed E-state index contributed by atoms with van der Waals surface area (Å²) in [5.74, 6) is -1.18. The molecule has 1 amide bonds. The molecule has 0 unspecified atom stereocenters. The summed E-state index contributed by atoms with van der Waals surface area (Å²) in [6.07, 6.45) is 4.85. The van der Waals surface area contributed by atoms with Crippen molar-refractivity contribution in [1.82, 2.24) is 9.78 Å². The van der Waals surface area contributed by atoms with Gasteiger partial charge in [-0.15, -0.1) is 0 Å². The minimum absolute atomic E-state index is 0.0378. The van der Waals surface area contributed by atoms with Gasteiger partial charge in [-0.3, -0.25) is 9.59 Å². The van der Waals surface area contributed by atoms with Crippen LogP contribution in [0.3, 0.4) is 0 Å². The molecule has 0 fully saturated rings. The van der Waals surface area contributed by atoms with Crippen molar-refractivity contribution in [3.05, 3.63) is 70.1 Å². The number of rotatable bonds is 10. The first-order valence-electron chi connectivity index (χ1n) is 11.1. The lowest BCUT2D eigenvalue weighted by Crippen LogP contribution is -2.28. The van der Waals surface area contributed by atoms with Gasteiger partial charge >= 0.3 is 5.97 Å². The van der Waals surface area contributed by atoms with Crippen LogP contribution in [0.5, 0.6) is 0 Å². The van der Waals surface area contributed by atoms with E-state index in [1.165, 1.54) is 4.68 Å². The van der Waals surface area contributed by atoms with E-state index in [1.807, 2.05) is 24.3 Å². The fraction of sp³-hybridized carbons (Fsp3) is 0.360. The molecule has 0 aliphatic heterocycles. The fourth-order valence-corrected chi connectivity index (χ4v) is 3.45. The van der Waals surface area contributed by atoms with Crippen molar-refractivity contribution in [1.29, 1.82) is 0 Å².